The Bertz CT molecular complexity index is 614. The first-order valence-electron chi connectivity index (χ1n) is 13.0. The molecule has 0 bridgehead atoms. The molecule has 7 atom stereocenters. The van der Waals surface area contributed by atoms with Gasteiger partial charge in [0.25, 0.3) is 0 Å². The molecule has 2 N–H and O–H groups in total. The average molecular weight is 402 g/mol. The lowest BCUT2D eigenvalue weighted by Gasteiger charge is -2.61. The molecule has 164 valence electrons. The van der Waals surface area contributed by atoms with Crippen molar-refractivity contribution < 1.29 is 9.90 Å². The van der Waals surface area contributed by atoms with Gasteiger partial charge in [-0.3, -0.25) is 4.79 Å². The van der Waals surface area contributed by atoms with Crippen molar-refractivity contribution in [3.8, 4) is 0 Å². The molecule has 0 amide bonds. The number of ketones is 1. The van der Waals surface area contributed by atoms with Gasteiger partial charge in [0.1, 0.15) is 5.78 Å². The number of Topliss-reactive ketones (excluding diaryl/α,β-unsaturated/α-hetero) is 1. The zero-order valence-electron chi connectivity index (χ0n) is 18.6. The fourth-order valence-electron chi connectivity index (χ4n) is 9.27. The van der Waals surface area contributed by atoms with Gasteiger partial charge in [0, 0.05) is 11.8 Å². The number of hydrogen-bond donors (Lipinski definition) is 2. The molecular weight excluding hydrogens is 358 g/mol. The van der Waals surface area contributed by atoms with Crippen LogP contribution in [0.5, 0.6) is 0 Å². The smallest absolute Gasteiger partial charge is 0.139 e. The second-order valence-corrected chi connectivity index (χ2v) is 11.8. The SMILES string of the molecule is C[C@]12CCCCC1[C@@H](O)C[C@H]1[C@@H]3CCC(=O)[C@@]3(CCCC3CCNCC3)CC[C@@H]12. The second-order valence-electron chi connectivity index (χ2n) is 11.8. The molecule has 4 saturated carbocycles. The van der Waals surface area contributed by atoms with Crippen molar-refractivity contribution in [1.82, 2.24) is 5.32 Å². The van der Waals surface area contributed by atoms with Crippen LogP contribution in [0.15, 0.2) is 0 Å². The summed E-state index contributed by atoms with van der Waals surface area (Å²) in [5.74, 6) is 3.90. The summed E-state index contributed by atoms with van der Waals surface area (Å²) >= 11 is 0. The van der Waals surface area contributed by atoms with Crippen molar-refractivity contribution >= 4 is 5.78 Å². The number of carbonyl (C=O) groups excluding carboxylic acids is 1. The fourth-order valence-corrected chi connectivity index (χ4v) is 9.27. The topological polar surface area (TPSA) is 49.3 Å². The number of rotatable bonds is 4. The lowest BCUT2D eigenvalue weighted by atomic mass is 9.44. The van der Waals surface area contributed by atoms with Crippen molar-refractivity contribution in [1.29, 1.82) is 0 Å². The average Bonchev–Trinajstić information content (AvgIpc) is 3.06. The Labute approximate surface area is 177 Å². The van der Waals surface area contributed by atoms with E-state index in [1.54, 1.807) is 0 Å². The summed E-state index contributed by atoms with van der Waals surface area (Å²) in [6.07, 6.45) is 16.7. The van der Waals surface area contributed by atoms with Crippen LogP contribution in [0.4, 0.5) is 0 Å². The van der Waals surface area contributed by atoms with Gasteiger partial charge in [0.2, 0.25) is 0 Å². The van der Waals surface area contributed by atoms with E-state index in [2.05, 4.69) is 12.2 Å². The van der Waals surface area contributed by atoms with E-state index in [0.717, 1.165) is 43.9 Å². The Balaban J connectivity index is 1.32. The third-order valence-corrected chi connectivity index (χ3v) is 10.7. The Kier molecular flexibility index (Phi) is 5.60. The summed E-state index contributed by atoms with van der Waals surface area (Å²) in [7, 11) is 0. The van der Waals surface area contributed by atoms with E-state index in [1.165, 1.54) is 70.9 Å². The van der Waals surface area contributed by atoms with Crippen LogP contribution >= 0.6 is 0 Å². The van der Waals surface area contributed by atoms with Gasteiger partial charge in [-0.2, -0.15) is 0 Å². The molecule has 5 fully saturated rings. The molecule has 1 aliphatic heterocycles. The molecule has 5 aliphatic rings. The summed E-state index contributed by atoms with van der Waals surface area (Å²) in [6.45, 7) is 4.87. The normalized spacial score (nSPS) is 48.1. The van der Waals surface area contributed by atoms with Gasteiger partial charge in [-0.25, -0.2) is 0 Å². The molecule has 4 aliphatic carbocycles. The molecule has 5 rings (SSSR count). The minimum absolute atomic E-state index is 0.0222. The third kappa shape index (κ3) is 3.34. The van der Waals surface area contributed by atoms with E-state index >= 15 is 0 Å². The Morgan fingerprint density at radius 1 is 1.00 bits per heavy atom. The maximum Gasteiger partial charge on any atom is 0.139 e. The second kappa shape index (κ2) is 7.93. The standard InChI is InChI=1S/C26H43NO2/c1-25-12-3-2-6-22(25)23(28)17-19-20(25)9-14-26(21(19)7-8-24(26)29)13-4-5-18-10-15-27-16-11-18/h18-23,27-28H,2-17H2,1H3/t19-,20+,21+,22?,23+,25-,26+/m1/s1. The quantitative estimate of drug-likeness (QED) is 0.688. The molecule has 3 nitrogen and oxygen atoms in total. The first-order chi connectivity index (χ1) is 14.0. The predicted molar refractivity (Wildman–Crippen MR) is 117 cm³/mol. The number of hydrogen-bond acceptors (Lipinski definition) is 3. The summed E-state index contributed by atoms with van der Waals surface area (Å²) in [5.41, 5.74) is 0.305. The van der Waals surface area contributed by atoms with Gasteiger partial charge in [0.05, 0.1) is 6.10 Å². The highest BCUT2D eigenvalue weighted by molar-refractivity contribution is 5.87. The molecule has 1 saturated heterocycles. The van der Waals surface area contributed by atoms with Crippen LogP contribution in [0.2, 0.25) is 0 Å². The minimum atomic E-state index is -0.122. The van der Waals surface area contributed by atoms with E-state index in [9.17, 15) is 9.90 Å². The molecular formula is C26H43NO2. The largest absolute Gasteiger partial charge is 0.393 e. The third-order valence-electron chi connectivity index (χ3n) is 10.7. The maximum absolute atomic E-state index is 13.3. The molecule has 29 heavy (non-hydrogen) atoms. The van der Waals surface area contributed by atoms with Gasteiger partial charge < -0.3 is 10.4 Å². The van der Waals surface area contributed by atoms with Crippen LogP contribution in [-0.4, -0.2) is 30.1 Å². The lowest BCUT2D eigenvalue weighted by Crippen LogP contribution is -2.57. The van der Waals surface area contributed by atoms with Crippen molar-refractivity contribution in [2.24, 2.45) is 40.4 Å². The van der Waals surface area contributed by atoms with Gasteiger partial charge >= 0.3 is 0 Å². The first kappa shape index (κ1) is 20.5. The van der Waals surface area contributed by atoms with E-state index in [4.69, 9.17) is 0 Å². The number of piperidine rings is 1. The van der Waals surface area contributed by atoms with Crippen molar-refractivity contribution in [3.05, 3.63) is 0 Å². The van der Waals surface area contributed by atoms with Gasteiger partial charge in [-0.15, -0.1) is 0 Å². The number of fused-ring (bicyclic) bond motifs is 5. The lowest BCUT2D eigenvalue weighted by molar-refractivity contribution is -0.163. The van der Waals surface area contributed by atoms with Crippen LogP contribution < -0.4 is 5.32 Å². The molecule has 3 heteroatoms. The molecule has 0 aromatic carbocycles. The number of nitrogens with one attached hydrogen (secondary N) is 1. The highest BCUT2D eigenvalue weighted by Crippen LogP contribution is 2.66. The zero-order valence-corrected chi connectivity index (χ0v) is 18.6. The Morgan fingerprint density at radius 2 is 1.83 bits per heavy atom. The van der Waals surface area contributed by atoms with E-state index in [1.807, 2.05) is 0 Å². The van der Waals surface area contributed by atoms with Crippen LogP contribution in [0, 0.1) is 40.4 Å². The van der Waals surface area contributed by atoms with Crippen LogP contribution in [0.25, 0.3) is 0 Å². The Hall–Kier alpha value is -0.410. The summed E-state index contributed by atoms with van der Waals surface area (Å²) in [4.78, 5) is 13.3. The number of aliphatic hydroxyl groups excluding tert-OH is 1. The van der Waals surface area contributed by atoms with Crippen molar-refractivity contribution in [2.45, 2.75) is 103 Å². The predicted octanol–water partition coefficient (Wildman–Crippen LogP) is 5.11. The molecule has 1 heterocycles. The van der Waals surface area contributed by atoms with Gasteiger partial charge in [0.15, 0.2) is 0 Å². The summed E-state index contributed by atoms with van der Waals surface area (Å²) in [6, 6.07) is 0. The van der Waals surface area contributed by atoms with E-state index in [0.29, 0.717) is 29.0 Å². The maximum atomic E-state index is 13.3. The van der Waals surface area contributed by atoms with Crippen molar-refractivity contribution in [2.75, 3.05) is 13.1 Å². The monoisotopic (exact) mass is 401 g/mol. The summed E-state index contributed by atoms with van der Waals surface area (Å²) < 4.78 is 0. The van der Waals surface area contributed by atoms with E-state index < -0.39 is 0 Å². The highest BCUT2D eigenvalue weighted by Gasteiger charge is 2.62. The molecule has 0 aromatic rings. The van der Waals surface area contributed by atoms with Crippen molar-refractivity contribution in [3.63, 3.8) is 0 Å². The fraction of sp³-hybridized carbons (Fsp3) is 0.962. The molecule has 1 unspecified atom stereocenters. The number of carbonyl (C=O) groups is 1. The van der Waals surface area contributed by atoms with Crippen LogP contribution in [0.3, 0.4) is 0 Å². The van der Waals surface area contributed by atoms with E-state index in [-0.39, 0.29) is 11.5 Å². The summed E-state index contributed by atoms with van der Waals surface area (Å²) in [5, 5.41) is 14.6. The van der Waals surface area contributed by atoms with Gasteiger partial charge in [-0.1, -0.05) is 32.6 Å². The van der Waals surface area contributed by atoms with Crippen LogP contribution in [0.1, 0.15) is 96.8 Å². The number of aliphatic hydroxyl groups is 1. The van der Waals surface area contributed by atoms with Crippen LogP contribution in [-0.2, 0) is 4.79 Å². The molecule has 0 radical (unpaired) electrons. The Morgan fingerprint density at radius 3 is 2.66 bits per heavy atom. The highest BCUT2D eigenvalue weighted by atomic mass is 16.3. The molecule has 0 aromatic heterocycles. The zero-order chi connectivity index (χ0) is 20.1. The molecule has 0 spiro atoms. The van der Waals surface area contributed by atoms with Gasteiger partial charge in [-0.05, 0) is 106 Å². The minimum Gasteiger partial charge on any atom is -0.393 e. The first-order valence-corrected chi connectivity index (χ1v) is 13.0.